The van der Waals surface area contributed by atoms with Crippen LogP contribution in [0.4, 0.5) is 11.4 Å². The summed E-state index contributed by atoms with van der Waals surface area (Å²) in [7, 11) is 0. The number of carbonyl (C=O) groups is 4. The maximum Gasteiger partial charge on any atom is 0.253 e. The summed E-state index contributed by atoms with van der Waals surface area (Å²) < 4.78 is 0. The van der Waals surface area contributed by atoms with Crippen LogP contribution in [0.15, 0.2) is 109 Å². The zero-order valence-corrected chi connectivity index (χ0v) is 24.5. The van der Waals surface area contributed by atoms with Crippen molar-refractivity contribution >= 4 is 58.2 Å². The minimum Gasteiger partial charge on any atom is -0.274 e. The molecule has 6 atom stereocenters. The summed E-state index contributed by atoms with van der Waals surface area (Å²) >= 11 is 12.5. The van der Waals surface area contributed by atoms with E-state index in [0.29, 0.717) is 21.4 Å². The van der Waals surface area contributed by atoms with Crippen LogP contribution in [0.25, 0.3) is 0 Å². The molecular formula is C34H24Cl2N4O4. The van der Waals surface area contributed by atoms with Crippen LogP contribution in [0.1, 0.15) is 23.2 Å². The molecule has 4 saturated heterocycles. The fraction of sp³-hybridized carbons (Fsp3) is 0.176. The van der Waals surface area contributed by atoms with Gasteiger partial charge < -0.3 is 0 Å². The summed E-state index contributed by atoms with van der Waals surface area (Å²) in [5, 5.41) is 4.50. The van der Waals surface area contributed by atoms with Gasteiger partial charge in [0.25, 0.3) is 11.8 Å². The molecule has 0 aromatic heterocycles. The molecule has 0 aliphatic carbocycles. The van der Waals surface area contributed by atoms with Crippen molar-refractivity contribution in [1.82, 2.24) is 10.0 Å². The third kappa shape index (κ3) is 3.78. The smallest absolute Gasteiger partial charge is 0.253 e. The average Bonchev–Trinajstić information content (AvgIpc) is 3.69. The topological polar surface area (TPSA) is 81.2 Å². The molecule has 8 nitrogen and oxygen atoms in total. The van der Waals surface area contributed by atoms with Gasteiger partial charge in [0.2, 0.25) is 11.8 Å². The van der Waals surface area contributed by atoms with Crippen molar-refractivity contribution in [3.63, 3.8) is 0 Å². The Bertz CT molecular complexity index is 1720. The second-order valence-corrected chi connectivity index (χ2v) is 12.3. The molecule has 8 rings (SSSR count). The normalized spacial score (nSPS) is 28.1. The van der Waals surface area contributed by atoms with E-state index in [2.05, 4.69) is 0 Å². The number of benzene rings is 4. The van der Waals surface area contributed by atoms with Gasteiger partial charge in [0, 0.05) is 10.0 Å². The summed E-state index contributed by atoms with van der Waals surface area (Å²) in [6, 6.07) is 28.9. The Morgan fingerprint density at radius 3 is 1.18 bits per heavy atom. The van der Waals surface area contributed by atoms with E-state index in [1.165, 1.54) is 9.80 Å². The maximum atomic E-state index is 14.4. The van der Waals surface area contributed by atoms with Gasteiger partial charge in [-0.2, -0.15) is 0 Å². The van der Waals surface area contributed by atoms with Crippen molar-refractivity contribution in [2.45, 2.75) is 24.2 Å². The highest BCUT2D eigenvalue weighted by molar-refractivity contribution is 6.32. The third-order valence-electron chi connectivity index (χ3n) is 9.14. The molecule has 4 aliphatic rings. The van der Waals surface area contributed by atoms with E-state index >= 15 is 0 Å². The number of anilines is 2. The average molecular weight is 623 g/mol. The number of carbonyl (C=O) groups excluding carboxylic acids is 4. The Morgan fingerprint density at radius 2 is 0.818 bits per heavy atom. The van der Waals surface area contributed by atoms with Gasteiger partial charge in [-0.25, -0.2) is 19.8 Å². The fourth-order valence-electron chi connectivity index (χ4n) is 7.54. The Hall–Kier alpha value is -4.34. The molecular weight excluding hydrogens is 599 g/mol. The lowest BCUT2D eigenvalue weighted by molar-refractivity contribution is -0.136. The maximum absolute atomic E-state index is 14.4. The highest BCUT2D eigenvalue weighted by atomic mass is 35.5. The molecule has 6 unspecified atom stereocenters. The van der Waals surface area contributed by atoms with Crippen molar-refractivity contribution in [2.75, 3.05) is 9.80 Å². The van der Waals surface area contributed by atoms with Crippen LogP contribution < -0.4 is 9.80 Å². The van der Waals surface area contributed by atoms with E-state index < -0.39 is 47.8 Å². The summed E-state index contributed by atoms with van der Waals surface area (Å²) in [6.45, 7) is 0. The van der Waals surface area contributed by atoms with Crippen LogP contribution in [0.5, 0.6) is 0 Å². The lowest BCUT2D eigenvalue weighted by Gasteiger charge is -2.35. The molecule has 0 spiro atoms. The quantitative estimate of drug-likeness (QED) is 0.282. The van der Waals surface area contributed by atoms with Crippen LogP contribution in [0.2, 0.25) is 10.0 Å². The Kier molecular flexibility index (Phi) is 6.25. The third-order valence-corrected chi connectivity index (χ3v) is 9.61. The molecule has 4 amide bonds. The number of nitrogens with zero attached hydrogens (tertiary/aromatic N) is 4. The minimum absolute atomic E-state index is 0.377. The standard InChI is InChI=1S/C34H24Cl2N4O4/c35-21-13-7-15-23(17-21)37-31(41)25-27(19-9-3-1-4-10-19)39-30-26(32(42)38(34(30)44)24-16-8-14-22(36)18-24)28(20-11-5-2-6-12-20)40(39)29(25)33(37)43/h1-18,25-30H. The first-order valence-corrected chi connectivity index (χ1v) is 15.1. The molecule has 10 heteroatoms. The fourth-order valence-corrected chi connectivity index (χ4v) is 7.91. The minimum atomic E-state index is -0.942. The van der Waals surface area contributed by atoms with Gasteiger partial charge >= 0.3 is 0 Å². The van der Waals surface area contributed by atoms with Crippen molar-refractivity contribution in [1.29, 1.82) is 0 Å². The molecule has 4 aromatic carbocycles. The predicted octanol–water partition coefficient (Wildman–Crippen LogP) is 5.44. The van der Waals surface area contributed by atoms with Crippen LogP contribution >= 0.6 is 23.2 Å². The molecule has 0 radical (unpaired) electrons. The molecule has 44 heavy (non-hydrogen) atoms. The Morgan fingerprint density at radius 1 is 0.432 bits per heavy atom. The molecule has 0 bridgehead atoms. The first-order valence-electron chi connectivity index (χ1n) is 14.3. The monoisotopic (exact) mass is 622 g/mol. The van der Waals surface area contributed by atoms with Gasteiger partial charge in [0.15, 0.2) is 0 Å². The van der Waals surface area contributed by atoms with Gasteiger partial charge in [0.1, 0.15) is 12.1 Å². The van der Waals surface area contributed by atoms with Crippen LogP contribution in [0, 0.1) is 11.8 Å². The van der Waals surface area contributed by atoms with Crippen molar-refractivity contribution in [3.8, 4) is 0 Å². The van der Waals surface area contributed by atoms with Gasteiger partial charge in [-0.15, -0.1) is 0 Å². The second-order valence-electron chi connectivity index (χ2n) is 11.4. The highest BCUT2D eigenvalue weighted by Gasteiger charge is 2.73. The van der Waals surface area contributed by atoms with E-state index in [4.69, 9.17) is 23.2 Å². The largest absolute Gasteiger partial charge is 0.274 e. The number of hydrogen-bond acceptors (Lipinski definition) is 6. The van der Waals surface area contributed by atoms with E-state index in [1.807, 2.05) is 70.7 Å². The lowest BCUT2D eigenvalue weighted by Crippen LogP contribution is -2.50. The number of imide groups is 2. The number of fused-ring (bicyclic) bond motifs is 5. The summed E-state index contributed by atoms with van der Waals surface area (Å²) in [5.74, 6) is -3.26. The summed E-state index contributed by atoms with van der Waals surface area (Å²) in [6.07, 6.45) is 0. The summed E-state index contributed by atoms with van der Waals surface area (Å²) in [5.41, 5.74) is 2.31. The SMILES string of the molecule is O=C1C2C(C(=O)N1c1cccc(Cl)c1)N1C(c3ccccc3)C3C(=O)N(c4cccc(Cl)c4)C(=O)C3N1C2c1ccccc1. The first kappa shape index (κ1) is 27.2. The number of hydrogen-bond donors (Lipinski definition) is 0. The Balaban J connectivity index is 1.33. The first-order chi connectivity index (χ1) is 21.4. The van der Waals surface area contributed by atoms with Crippen molar-refractivity contribution < 1.29 is 19.2 Å². The van der Waals surface area contributed by atoms with Gasteiger partial charge in [-0.3, -0.25) is 19.2 Å². The van der Waals surface area contributed by atoms with E-state index in [9.17, 15) is 19.2 Å². The van der Waals surface area contributed by atoms with Crippen LogP contribution in [0.3, 0.4) is 0 Å². The zero-order valence-electron chi connectivity index (χ0n) is 23.0. The van der Waals surface area contributed by atoms with Crippen molar-refractivity contribution in [3.05, 3.63) is 130 Å². The molecule has 4 heterocycles. The van der Waals surface area contributed by atoms with E-state index in [0.717, 1.165) is 11.1 Å². The zero-order chi connectivity index (χ0) is 30.3. The number of amides is 4. The predicted molar refractivity (Wildman–Crippen MR) is 164 cm³/mol. The van der Waals surface area contributed by atoms with Gasteiger partial charge in [-0.05, 0) is 47.5 Å². The molecule has 218 valence electrons. The molecule has 0 saturated carbocycles. The molecule has 0 N–H and O–H groups in total. The molecule has 4 aromatic rings. The lowest BCUT2D eigenvalue weighted by atomic mass is 9.84. The molecule has 4 fully saturated rings. The van der Waals surface area contributed by atoms with E-state index in [1.54, 1.807) is 48.5 Å². The molecule has 4 aliphatic heterocycles. The number of hydrazine groups is 1. The van der Waals surface area contributed by atoms with E-state index in [-0.39, 0.29) is 11.8 Å². The van der Waals surface area contributed by atoms with Gasteiger partial charge in [0.05, 0.1) is 35.3 Å². The highest BCUT2D eigenvalue weighted by Crippen LogP contribution is 2.59. The van der Waals surface area contributed by atoms with Crippen molar-refractivity contribution in [2.24, 2.45) is 11.8 Å². The number of rotatable bonds is 4. The van der Waals surface area contributed by atoms with Crippen LogP contribution in [-0.4, -0.2) is 45.7 Å². The Labute approximate surface area is 262 Å². The summed E-state index contributed by atoms with van der Waals surface area (Å²) in [4.78, 5) is 59.9. The second kappa shape index (κ2) is 10.1. The van der Waals surface area contributed by atoms with Gasteiger partial charge in [-0.1, -0.05) is 96.0 Å². The number of halogens is 2. The van der Waals surface area contributed by atoms with Crippen LogP contribution in [-0.2, 0) is 19.2 Å².